The number of nitrogens with zero attached hydrogens (tertiary/aromatic N) is 1. The molecule has 4 aromatic rings. The molecule has 0 radical (unpaired) electrons. The van der Waals surface area contributed by atoms with Gasteiger partial charge < -0.3 is 15.3 Å². The van der Waals surface area contributed by atoms with E-state index in [4.69, 9.17) is 33.4 Å². The first-order chi connectivity index (χ1) is 15.4. The van der Waals surface area contributed by atoms with Crippen LogP contribution >= 0.6 is 23.2 Å². The van der Waals surface area contributed by atoms with Crippen LogP contribution in [0.1, 0.15) is 21.7 Å². The van der Waals surface area contributed by atoms with E-state index in [9.17, 15) is 9.90 Å². The van der Waals surface area contributed by atoms with Gasteiger partial charge in [0.1, 0.15) is 5.58 Å². The predicted octanol–water partition coefficient (Wildman–Crippen LogP) is 5.64. The fraction of sp³-hybridized carbons (Fsp3) is 0.160. The first-order valence-corrected chi connectivity index (χ1v) is 10.8. The van der Waals surface area contributed by atoms with Gasteiger partial charge in [-0.05, 0) is 54.6 Å². The molecule has 0 amide bonds. The molecule has 4 rings (SSSR count). The minimum Gasteiger partial charge on any atom is -0.452 e. The fourth-order valence-electron chi connectivity index (χ4n) is 3.70. The number of rotatable bonds is 7. The molecule has 3 aromatic carbocycles. The van der Waals surface area contributed by atoms with Crippen molar-refractivity contribution >= 4 is 45.6 Å². The number of halogens is 2. The van der Waals surface area contributed by atoms with Gasteiger partial charge in [-0.3, -0.25) is 9.69 Å². The molecule has 164 valence electrons. The number of hydrogen-bond acceptors (Lipinski definition) is 5. The van der Waals surface area contributed by atoms with Crippen LogP contribution in [-0.2, 0) is 6.54 Å². The number of likely N-dealkylation sites (N-methyl/N-ethyl adjacent to an activating group) is 1. The molecule has 0 unspecified atom stereocenters. The van der Waals surface area contributed by atoms with Crippen LogP contribution < -0.4 is 5.73 Å². The van der Waals surface area contributed by atoms with E-state index in [2.05, 4.69) is 0 Å². The molecule has 1 heterocycles. The van der Waals surface area contributed by atoms with Crippen LogP contribution in [0, 0.1) is 0 Å². The highest BCUT2D eigenvalue weighted by atomic mass is 35.5. The van der Waals surface area contributed by atoms with Crippen LogP contribution in [0.5, 0.6) is 0 Å². The van der Waals surface area contributed by atoms with Gasteiger partial charge in [0.2, 0.25) is 5.78 Å². The molecule has 0 aliphatic heterocycles. The molecule has 0 aliphatic rings. The van der Waals surface area contributed by atoms with E-state index < -0.39 is 0 Å². The molecule has 5 nitrogen and oxygen atoms in total. The van der Waals surface area contributed by atoms with Gasteiger partial charge in [0.05, 0.1) is 11.6 Å². The number of nitrogen functional groups attached to an aromatic ring is 1. The number of furan rings is 1. The Bertz CT molecular complexity index is 1300. The maximum atomic E-state index is 13.4. The third-order valence-corrected chi connectivity index (χ3v) is 5.85. The Labute approximate surface area is 196 Å². The number of carbonyl (C=O) groups is 1. The predicted molar refractivity (Wildman–Crippen MR) is 129 cm³/mol. The lowest BCUT2D eigenvalue weighted by Crippen LogP contribution is -2.22. The van der Waals surface area contributed by atoms with Crippen molar-refractivity contribution in [2.24, 2.45) is 0 Å². The number of ketones is 1. The van der Waals surface area contributed by atoms with Gasteiger partial charge in [0.25, 0.3) is 0 Å². The van der Waals surface area contributed by atoms with Crippen molar-refractivity contribution in [1.82, 2.24) is 4.90 Å². The van der Waals surface area contributed by atoms with Crippen molar-refractivity contribution in [2.75, 3.05) is 25.9 Å². The first-order valence-electron chi connectivity index (χ1n) is 10.1. The van der Waals surface area contributed by atoms with Gasteiger partial charge in [-0.2, -0.15) is 0 Å². The molecular weight excluding hydrogens is 447 g/mol. The number of anilines is 1. The quantitative estimate of drug-likeness (QED) is 0.270. The van der Waals surface area contributed by atoms with Crippen molar-refractivity contribution in [3.05, 3.63) is 87.6 Å². The van der Waals surface area contributed by atoms with E-state index in [1.165, 1.54) is 6.07 Å². The van der Waals surface area contributed by atoms with Crippen LogP contribution in [0.3, 0.4) is 0 Å². The van der Waals surface area contributed by atoms with Crippen LogP contribution in [0.2, 0.25) is 10.0 Å². The van der Waals surface area contributed by atoms with E-state index in [0.717, 1.165) is 22.1 Å². The summed E-state index contributed by atoms with van der Waals surface area (Å²) in [7, 11) is 1.87. The lowest BCUT2D eigenvalue weighted by Gasteiger charge is -2.15. The summed E-state index contributed by atoms with van der Waals surface area (Å²) in [6.07, 6.45) is 0. The zero-order valence-corrected chi connectivity index (χ0v) is 19.0. The molecule has 0 atom stereocenters. The van der Waals surface area contributed by atoms with Crippen LogP contribution in [0.25, 0.3) is 22.1 Å². The van der Waals surface area contributed by atoms with Crippen molar-refractivity contribution in [3.8, 4) is 11.1 Å². The Hall–Kier alpha value is -2.83. The molecule has 0 saturated heterocycles. The van der Waals surface area contributed by atoms with E-state index in [1.54, 1.807) is 12.1 Å². The van der Waals surface area contributed by atoms with Crippen LogP contribution in [0.4, 0.5) is 5.69 Å². The number of aliphatic hydroxyl groups excluding tert-OH is 1. The van der Waals surface area contributed by atoms with E-state index >= 15 is 0 Å². The molecule has 0 fully saturated rings. The number of fused-ring (bicyclic) bond motifs is 1. The second kappa shape index (κ2) is 9.35. The summed E-state index contributed by atoms with van der Waals surface area (Å²) in [5.74, 6) is -0.0977. The molecule has 0 spiro atoms. The third kappa shape index (κ3) is 4.52. The largest absolute Gasteiger partial charge is 0.452 e. The Morgan fingerprint density at radius 3 is 2.56 bits per heavy atom. The monoisotopic (exact) mass is 468 g/mol. The molecule has 1 aromatic heterocycles. The highest BCUT2D eigenvalue weighted by Gasteiger charge is 2.24. The molecule has 32 heavy (non-hydrogen) atoms. The summed E-state index contributed by atoms with van der Waals surface area (Å²) in [6.45, 7) is 0.902. The molecule has 3 N–H and O–H groups in total. The summed E-state index contributed by atoms with van der Waals surface area (Å²) >= 11 is 12.3. The van der Waals surface area contributed by atoms with Gasteiger partial charge in [-0.15, -0.1) is 0 Å². The van der Waals surface area contributed by atoms with E-state index in [0.29, 0.717) is 34.9 Å². The highest BCUT2D eigenvalue weighted by molar-refractivity contribution is 6.37. The summed E-state index contributed by atoms with van der Waals surface area (Å²) in [6, 6.07) is 18.2. The van der Waals surface area contributed by atoms with Crippen LogP contribution in [-0.4, -0.2) is 36.0 Å². The van der Waals surface area contributed by atoms with E-state index in [1.807, 2.05) is 54.4 Å². The average molecular weight is 469 g/mol. The number of aliphatic hydroxyl groups is 1. The minimum atomic E-state index is -0.319. The standard InChI is InChI=1S/C25H22Cl2N2O3/c1-29(9-10-30)14-21-19-7-5-16(15-3-2-4-18(28)11-15)12-23(19)32-25(21)24(31)20-8-6-17(26)13-22(20)27/h2-8,11-13,30H,9-10,14,28H2,1H3. The smallest absolute Gasteiger partial charge is 0.230 e. The maximum Gasteiger partial charge on any atom is 0.230 e. The van der Waals surface area contributed by atoms with Crippen molar-refractivity contribution in [2.45, 2.75) is 6.54 Å². The van der Waals surface area contributed by atoms with Gasteiger partial charge in [0.15, 0.2) is 5.76 Å². The second-order valence-electron chi connectivity index (χ2n) is 7.66. The van der Waals surface area contributed by atoms with Crippen molar-refractivity contribution < 1.29 is 14.3 Å². The molecule has 0 bridgehead atoms. The fourth-order valence-corrected chi connectivity index (χ4v) is 4.20. The molecule has 0 aliphatic carbocycles. The van der Waals surface area contributed by atoms with E-state index in [-0.39, 0.29) is 23.2 Å². The zero-order chi connectivity index (χ0) is 22.8. The minimum absolute atomic E-state index is 0.0121. The Morgan fingerprint density at radius 1 is 1.06 bits per heavy atom. The summed E-state index contributed by atoms with van der Waals surface area (Å²) in [4.78, 5) is 15.3. The Balaban J connectivity index is 1.84. The normalized spacial score (nSPS) is 11.4. The summed E-state index contributed by atoms with van der Waals surface area (Å²) in [5, 5.41) is 10.9. The molecule has 0 saturated carbocycles. The van der Waals surface area contributed by atoms with Crippen LogP contribution in [0.15, 0.2) is 65.1 Å². The maximum absolute atomic E-state index is 13.4. The highest BCUT2D eigenvalue weighted by Crippen LogP contribution is 2.34. The van der Waals surface area contributed by atoms with Crippen molar-refractivity contribution in [1.29, 1.82) is 0 Å². The number of benzene rings is 3. The number of hydrogen-bond donors (Lipinski definition) is 2. The third-order valence-electron chi connectivity index (χ3n) is 5.30. The number of carbonyl (C=O) groups excluding carboxylic acids is 1. The molecule has 7 heteroatoms. The second-order valence-corrected chi connectivity index (χ2v) is 8.50. The number of nitrogens with two attached hydrogens (primary N) is 1. The lowest BCUT2D eigenvalue weighted by atomic mass is 10.0. The average Bonchev–Trinajstić information content (AvgIpc) is 3.11. The Kier molecular flexibility index (Phi) is 6.53. The zero-order valence-electron chi connectivity index (χ0n) is 17.4. The van der Waals surface area contributed by atoms with Gasteiger partial charge in [0, 0.05) is 40.3 Å². The lowest BCUT2D eigenvalue weighted by molar-refractivity contribution is 0.101. The first kappa shape index (κ1) is 22.4. The Morgan fingerprint density at radius 2 is 1.84 bits per heavy atom. The van der Waals surface area contributed by atoms with Gasteiger partial charge in [-0.1, -0.05) is 47.5 Å². The molecular formula is C25H22Cl2N2O3. The van der Waals surface area contributed by atoms with Gasteiger partial charge >= 0.3 is 0 Å². The van der Waals surface area contributed by atoms with Gasteiger partial charge in [-0.25, -0.2) is 0 Å². The summed E-state index contributed by atoms with van der Waals surface area (Å²) in [5.41, 5.74) is 10.1. The topological polar surface area (TPSA) is 79.7 Å². The summed E-state index contributed by atoms with van der Waals surface area (Å²) < 4.78 is 6.11. The SMILES string of the molecule is CN(CCO)Cc1c(C(=O)c2ccc(Cl)cc2Cl)oc2cc(-c3cccc(N)c3)ccc12. The van der Waals surface area contributed by atoms with Crippen molar-refractivity contribution in [3.63, 3.8) is 0 Å².